The van der Waals surface area contributed by atoms with Crippen LogP contribution in [0.4, 0.5) is 13.2 Å². The van der Waals surface area contributed by atoms with E-state index in [1.54, 1.807) is 0 Å². The summed E-state index contributed by atoms with van der Waals surface area (Å²) in [5.41, 5.74) is 0.594. The van der Waals surface area contributed by atoms with E-state index in [0.29, 0.717) is 16.7 Å². The molecule has 0 bridgehead atoms. The number of rotatable bonds is 8. The van der Waals surface area contributed by atoms with Gasteiger partial charge < -0.3 is 9.84 Å². The molecule has 1 unspecified atom stereocenters. The number of hydrogen-bond acceptors (Lipinski definition) is 5. The first kappa shape index (κ1) is 26.3. The first-order valence-corrected chi connectivity index (χ1v) is 12.1. The van der Waals surface area contributed by atoms with Crippen LogP contribution in [0.3, 0.4) is 0 Å². The Morgan fingerprint density at radius 1 is 1.16 bits per heavy atom. The molecule has 1 aromatic heterocycles. The van der Waals surface area contributed by atoms with Crippen molar-refractivity contribution < 1.29 is 32.0 Å². The third kappa shape index (κ3) is 6.55. The van der Waals surface area contributed by atoms with Crippen molar-refractivity contribution in [3.8, 4) is 5.75 Å². The van der Waals surface area contributed by atoms with Crippen molar-refractivity contribution in [3.63, 3.8) is 0 Å². The van der Waals surface area contributed by atoms with Crippen molar-refractivity contribution in [1.29, 1.82) is 0 Å². The van der Waals surface area contributed by atoms with E-state index in [1.165, 1.54) is 26.0 Å². The normalized spacial score (nSPS) is 13.4. The second kappa shape index (κ2) is 10.4. The maximum absolute atomic E-state index is 14.2. The summed E-state index contributed by atoms with van der Waals surface area (Å²) in [6, 6.07) is 4.03. The Morgan fingerprint density at radius 3 is 2.09 bits per heavy atom. The van der Waals surface area contributed by atoms with Crippen molar-refractivity contribution in [2.45, 2.75) is 76.2 Å². The number of thiol groups is 1. The Labute approximate surface area is 191 Å². The fourth-order valence-corrected chi connectivity index (χ4v) is 5.34. The van der Waals surface area contributed by atoms with E-state index in [9.17, 15) is 27.3 Å². The van der Waals surface area contributed by atoms with E-state index in [0.717, 1.165) is 17.4 Å². The Morgan fingerprint density at radius 2 is 1.69 bits per heavy atom. The zero-order valence-electron chi connectivity index (χ0n) is 18.8. The van der Waals surface area contributed by atoms with Gasteiger partial charge in [-0.15, -0.1) is 11.3 Å². The van der Waals surface area contributed by atoms with E-state index in [-0.39, 0.29) is 33.1 Å². The quantitative estimate of drug-likeness (QED) is 0.461. The Hall–Kier alpha value is -1.91. The minimum atomic E-state index is -2.98. The van der Waals surface area contributed by atoms with Gasteiger partial charge in [0.15, 0.2) is 5.82 Å². The highest BCUT2D eigenvalue weighted by atomic mass is 32.2. The number of amides is 1. The monoisotopic (exact) mass is 491 g/mol. The number of ether oxygens (including phenoxy) is 1. The van der Waals surface area contributed by atoms with Gasteiger partial charge in [-0.1, -0.05) is 27.7 Å². The molecule has 1 atom stereocenters. The molecule has 32 heavy (non-hydrogen) atoms. The molecule has 0 saturated carbocycles. The lowest BCUT2D eigenvalue weighted by atomic mass is 9.86. The van der Waals surface area contributed by atoms with Crippen molar-refractivity contribution in [3.05, 3.63) is 45.6 Å². The van der Waals surface area contributed by atoms with Crippen LogP contribution >= 0.6 is 11.3 Å². The van der Waals surface area contributed by atoms with Gasteiger partial charge in [-0.05, 0) is 60.6 Å². The van der Waals surface area contributed by atoms with Crippen LogP contribution in [0.15, 0.2) is 26.8 Å². The van der Waals surface area contributed by atoms with Gasteiger partial charge in [-0.2, -0.15) is 13.1 Å². The maximum Gasteiger partial charge on any atom is 0.387 e. The van der Waals surface area contributed by atoms with Crippen molar-refractivity contribution in [1.82, 2.24) is 0 Å². The van der Waals surface area contributed by atoms with Crippen LogP contribution in [0.1, 0.15) is 74.9 Å². The van der Waals surface area contributed by atoms with Crippen molar-refractivity contribution >= 4 is 27.8 Å². The molecule has 0 saturated heterocycles. The number of carbonyl (C=O) groups excluding carboxylic acids is 1. The summed E-state index contributed by atoms with van der Waals surface area (Å²) in [4.78, 5) is 12.9. The summed E-state index contributed by atoms with van der Waals surface area (Å²) >= 11 is 0.804. The van der Waals surface area contributed by atoms with Crippen molar-refractivity contribution in [2.24, 2.45) is 4.36 Å². The van der Waals surface area contributed by atoms with Gasteiger partial charge >= 0.3 is 6.61 Å². The Bertz CT molecular complexity index is 1040. The van der Waals surface area contributed by atoms with Gasteiger partial charge in [0.25, 0.3) is 5.91 Å². The molecule has 0 fully saturated rings. The molecule has 178 valence electrons. The second-order valence-corrected chi connectivity index (χ2v) is 11.1. The molecular weight excluding hydrogens is 463 g/mol. The van der Waals surface area contributed by atoms with Gasteiger partial charge in [0, 0.05) is 4.88 Å². The molecule has 0 radical (unpaired) electrons. The number of hydrogen-bond donors (Lipinski definition) is 2. The second-order valence-electron chi connectivity index (χ2n) is 8.53. The minimum Gasteiger partial charge on any atom is -0.435 e. The van der Waals surface area contributed by atoms with Crippen LogP contribution in [0, 0.1) is 5.82 Å². The Balaban J connectivity index is 2.44. The zero-order chi connectivity index (χ0) is 24.4. The lowest BCUT2D eigenvalue weighted by Crippen LogP contribution is -2.12. The number of halogens is 3. The fraction of sp³-hybridized carbons (Fsp3) is 0.500. The smallest absolute Gasteiger partial charge is 0.387 e. The van der Waals surface area contributed by atoms with E-state index >= 15 is 0 Å². The molecule has 1 heterocycles. The van der Waals surface area contributed by atoms with Crippen LogP contribution in [0.5, 0.6) is 5.75 Å². The van der Waals surface area contributed by atoms with E-state index in [4.69, 9.17) is 0 Å². The summed E-state index contributed by atoms with van der Waals surface area (Å²) in [5, 5.41) is 10.0. The van der Waals surface area contributed by atoms with Gasteiger partial charge in [-0.25, -0.2) is 8.60 Å². The highest BCUT2D eigenvalue weighted by molar-refractivity contribution is 7.78. The molecule has 1 N–H and O–H groups in total. The van der Waals surface area contributed by atoms with Gasteiger partial charge in [-0.3, -0.25) is 4.79 Å². The third-order valence-electron chi connectivity index (χ3n) is 4.74. The summed E-state index contributed by atoms with van der Waals surface area (Å²) < 4.78 is 60.3. The third-order valence-corrected chi connectivity index (χ3v) is 7.67. The minimum absolute atomic E-state index is 0.00594. The summed E-state index contributed by atoms with van der Waals surface area (Å²) in [6.45, 7) is 7.40. The number of benzene rings is 1. The molecule has 0 aliphatic rings. The Kier molecular flexibility index (Phi) is 8.52. The molecule has 2 rings (SSSR count). The molecule has 1 amide bonds. The van der Waals surface area contributed by atoms with E-state index < -0.39 is 34.5 Å². The molecule has 10 heteroatoms. The zero-order valence-corrected chi connectivity index (χ0v) is 20.5. The van der Waals surface area contributed by atoms with Gasteiger partial charge in [0.2, 0.25) is 0 Å². The largest absolute Gasteiger partial charge is 0.435 e. The highest BCUT2D eigenvalue weighted by Gasteiger charge is 2.23. The van der Waals surface area contributed by atoms with E-state index in [2.05, 4.69) is 9.10 Å². The maximum atomic E-state index is 14.2. The highest BCUT2D eigenvalue weighted by Crippen LogP contribution is 2.34. The molecule has 0 spiro atoms. The molecule has 5 nitrogen and oxygen atoms in total. The number of carbonyl (C=O) groups is 1. The summed E-state index contributed by atoms with van der Waals surface area (Å²) in [5.74, 6) is -1.70. The fourth-order valence-electron chi connectivity index (χ4n) is 3.22. The standard InChI is InChI=1S/C22H28F3NO4S2/c1-11(2)14-7-13(30-21(24)25)8-15(12(3)4)16(14)9-19(27)26-32(29)20-17(23)10-18(31-20)22(5,6)28/h7-8,10-12,21,28,32H,9H2,1-6H3. The van der Waals surface area contributed by atoms with Crippen LogP contribution in [-0.4, -0.2) is 21.8 Å². The summed E-state index contributed by atoms with van der Waals surface area (Å²) in [7, 11) is -2.69. The molecule has 0 aliphatic carbocycles. The lowest BCUT2D eigenvalue weighted by Gasteiger charge is -2.21. The van der Waals surface area contributed by atoms with Gasteiger partial charge in [0.1, 0.15) is 9.96 Å². The SMILES string of the molecule is CC(C)c1cc(OC(F)F)cc(C(C)C)c1CC(=O)N=[SH](=O)c1sc(C(C)(C)O)cc1F. The number of thiophene rings is 1. The predicted molar refractivity (Wildman–Crippen MR) is 120 cm³/mol. The lowest BCUT2D eigenvalue weighted by molar-refractivity contribution is -0.117. The molecule has 2 aromatic rings. The predicted octanol–water partition coefficient (Wildman–Crippen LogP) is 5.76. The topological polar surface area (TPSA) is 76.0 Å². The van der Waals surface area contributed by atoms with Crippen LogP contribution in [0.25, 0.3) is 0 Å². The van der Waals surface area contributed by atoms with Crippen LogP contribution in [0.2, 0.25) is 0 Å². The van der Waals surface area contributed by atoms with Crippen LogP contribution in [-0.2, 0) is 27.4 Å². The van der Waals surface area contributed by atoms with E-state index in [1.807, 2.05) is 27.7 Å². The average Bonchev–Trinajstić information content (AvgIpc) is 3.04. The first-order valence-electron chi connectivity index (χ1n) is 10.1. The molecule has 0 aliphatic heterocycles. The number of aliphatic hydroxyl groups is 1. The van der Waals surface area contributed by atoms with Crippen molar-refractivity contribution in [2.75, 3.05) is 0 Å². The molecule has 1 aromatic carbocycles. The number of nitrogens with zero attached hydrogens (tertiary/aromatic N) is 1. The average molecular weight is 492 g/mol. The van der Waals surface area contributed by atoms with Gasteiger partial charge in [0.05, 0.1) is 22.6 Å². The summed E-state index contributed by atoms with van der Waals surface area (Å²) in [6.07, 6.45) is -0.206. The first-order chi connectivity index (χ1) is 14.7. The number of alkyl halides is 2. The molecular formula is C22H28F3NO4S2. The van der Waals surface area contributed by atoms with Crippen LogP contribution < -0.4 is 4.74 Å².